The van der Waals surface area contributed by atoms with Crippen molar-refractivity contribution in [2.24, 2.45) is 7.05 Å². The van der Waals surface area contributed by atoms with Crippen LogP contribution in [0, 0.1) is 6.92 Å². The predicted molar refractivity (Wildman–Crippen MR) is 118 cm³/mol. The SMILES string of the molecule is Cc1cc(C[C@H]2CCOc3cc(-c4ccnc(Nc5ccnn5C)n4)cc4nnc2n34)on1. The Morgan fingerprint density at radius 3 is 2.91 bits per heavy atom. The van der Waals surface area contributed by atoms with Crippen LogP contribution in [0.25, 0.3) is 16.9 Å². The first kappa shape index (κ1) is 19.4. The average Bonchev–Trinajstić information content (AvgIpc) is 3.50. The molecule has 0 fully saturated rings. The summed E-state index contributed by atoms with van der Waals surface area (Å²) < 4.78 is 15.2. The van der Waals surface area contributed by atoms with Crippen LogP contribution in [0.3, 0.4) is 0 Å². The molecule has 0 aliphatic carbocycles. The topological polar surface area (TPSA) is 121 Å². The predicted octanol–water partition coefficient (Wildman–Crippen LogP) is 3.07. The fourth-order valence-corrected chi connectivity index (χ4v) is 4.10. The monoisotopic (exact) mass is 443 g/mol. The third kappa shape index (κ3) is 3.56. The zero-order chi connectivity index (χ0) is 22.4. The van der Waals surface area contributed by atoms with Gasteiger partial charge in [-0.15, -0.1) is 10.2 Å². The van der Waals surface area contributed by atoms with E-state index in [1.807, 2.05) is 48.7 Å². The summed E-state index contributed by atoms with van der Waals surface area (Å²) in [4.78, 5) is 8.99. The van der Waals surface area contributed by atoms with Gasteiger partial charge >= 0.3 is 0 Å². The van der Waals surface area contributed by atoms with Gasteiger partial charge in [-0.25, -0.2) is 14.4 Å². The lowest BCUT2D eigenvalue weighted by Crippen LogP contribution is -2.07. The number of aromatic nitrogens is 8. The highest BCUT2D eigenvalue weighted by atomic mass is 16.5. The van der Waals surface area contributed by atoms with Gasteiger partial charge in [0.05, 0.1) is 24.2 Å². The maximum absolute atomic E-state index is 6.11. The Hall–Kier alpha value is -4.28. The van der Waals surface area contributed by atoms with Gasteiger partial charge in [0.1, 0.15) is 17.4 Å². The highest BCUT2D eigenvalue weighted by molar-refractivity contribution is 5.67. The molecule has 0 saturated carbocycles. The van der Waals surface area contributed by atoms with Gasteiger partial charge in [0.15, 0.2) is 5.65 Å². The van der Waals surface area contributed by atoms with Gasteiger partial charge in [-0.2, -0.15) is 5.10 Å². The van der Waals surface area contributed by atoms with Crippen LogP contribution in [-0.4, -0.2) is 46.1 Å². The number of ether oxygens (including phenoxy) is 1. The first-order chi connectivity index (χ1) is 16.1. The maximum atomic E-state index is 6.11. The van der Waals surface area contributed by atoms with Crippen molar-refractivity contribution < 1.29 is 9.26 Å². The molecule has 6 rings (SSSR count). The van der Waals surface area contributed by atoms with Gasteiger partial charge in [-0.05, 0) is 25.5 Å². The molecule has 0 saturated heterocycles. The van der Waals surface area contributed by atoms with Crippen LogP contribution in [0.5, 0.6) is 5.88 Å². The summed E-state index contributed by atoms with van der Waals surface area (Å²) >= 11 is 0. The number of rotatable bonds is 5. The van der Waals surface area contributed by atoms with E-state index in [1.54, 1.807) is 17.1 Å². The van der Waals surface area contributed by atoms with Gasteiger partial charge in [0.2, 0.25) is 11.8 Å². The number of hydrogen-bond donors (Lipinski definition) is 1. The molecule has 0 amide bonds. The number of pyridine rings is 1. The molecule has 1 aliphatic heterocycles. The van der Waals surface area contributed by atoms with Crippen molar-refractivity contribution in [3.05, 3.63) is 60.0 Å². The lowest BCUT2D eigenvalue weighted by molar-refractivity contribution is 0.292. The Labute approximate surface area is 188 Å². The Balaban J connectivity index is 1.35. The van der Waals surface area contributed by atoms with E-state index in [1.165, 1.54) is 0 Å². The largest absolute Gasteiger partial charge is 0.478 e. The number of anilines is 2. The lowest BCUT2D eigenvalue weighted by Gasteiger charge is -2.10. The first-order valence-electron chi connectivity index (χ1n) is 10.7. The summed E-state index contributed by atoms with van der Waals surface area (Å²) in [5.41, 5.74) is 3.20. The summed E-state index contributed by atoms with van der Waals surface area (Å²) in [6.07, 6.45) is 4.93. The van der Waals surface area contributed by atoms with Crippen LogP contribution in [0.1, 0.15) is 29.6 Å². The molecule has 33 heavy (non-hydrogen) atoms. The second-order valence-electron chi connectivity index (χ2n) is 8.04. The molecule has 0 unspecified atom stereocenters. The molecule has 1 N–H and O–H groups in total. The van der Waals surface area contributed by atoms with Crippen LogP contribution < -0.4 is 10.1 Å². The highest BCUT2D eigenvalue weighted by Crippen LogP contribution is 2.33. The van der Waals surface area contributed by atoms with Crippen LogP contribution >= 0.6 is 0 Å². The van der Waals surface area contributed by atoms with Crippen molar-refractivity contribution in [2.75, 3.05) is 11.9 Å². The molecule has 6 heterocycles. The molecule has 0 spiro atoms. The second kappa shape index (κ2) is 7.69. The first-order valence-corrected chi connectivity index (χ1v) is 10.7. The van der Waals surface area contributed by atoms with Crippen LogP contribution in [0.15, 0.2) is 47.2 Å². The fourth-order valence-electron chi connectivity index (χ4n) is 4.10. The average molecular weight is 443 g/mol. The minimum absolute atomic E-state index is 0.119. The van der Waals surface area contributed by atoms with E-state index >= 15 is 0 Å². The Bertz CT molecular complexity index is 1450. The summed E-state index contributed by atoms with van der Waals surface area (Å²) in [6.45, 7) is 2.48. The van der Waals surface area contributed by atoms with Crippen molar-refractivity contribution >= 4 is 17.4 Å². The molecular formula is C22H21N9O2. The lowest BCUT2D eigenvalue weighted by atomic mass is 9.99. The smallest absolute Gasteiger partial charge is 0.228 e. The number of aryl methyl sites for hydroxylation is 2. The molecule has 11 heteroatoms. The maximum Gasteiger partial charge on any atom is 0.228 e. The molecule has 0 radical (unpaired) electrons. The molecule has 166 valence electrons. The highest BCUT2D eigenvalue weighted by Gasteiger charge is 2.26. The van der Waals surface area contributed by atoms with E-state index in [9.17, 15) is 0 Å². The van der Waals surface area contributed by atoms with Gasteiger partial charge < -0.3 is 14.6 Å². The number of hydrogen-bond acceptors (Lipinski definition) is 9. The molecule has 1 aliphatic rings. The zero-order valence-electron chi connectivity index (χ0n) is 18.1. The van der Waals surface area contributed by atoms with Crippen molar-refractivity contribution in [1.82, 2.24) is 39.5 Å². The van der Waals surface area contributed by atoms with Crippen molar-refractivity contribution in [3.63, 3.8) is 0 Å². The Morgan fingerprint density at radius 2 is 2.09 bits per heavy atom. The third-order valence-corrected chi connectivity index (χ3v) is 5.71. The molecule has 1 atom stereocenters. The third-order valence-electron chi connectivity index (χ3n) is 5.71. The van der Waals surface area contributed by atoms with Gasteiger partial charge in [-0.3, -0.25) is 4.68 Å². The molecule has 5 aromatic rings. The van der Waals surface area contributed by atoms with E-state index in [2.05, 4.69) is 35.7 Å². The van der Waals surface area contributed by atoms with E-state index in [0.717, 1.165) is 40.8 Å². The second-order valence-corrected chi connectivity index (χ2v) is 8.04. The van der Waals surface area contributed by atoms with Crippen molar-refractivity contribution in [2.45, 2.75) is 25.7 Å². The molecule has 5 aromatic heterocycles. The van der Waals surface area contributed by atoms with Gasteiger partial charge in [0.25, 0.3) is 0 Å². The van der Waals surface area contributed by atoms with E-state index in [0.29, 0.717) is 30.5 Å². The minimum Gasteiger partial charge on any atom is -0.478 e. The fraction of sp³-hybridized carbons (Fsp3) is 0.273. The normalized spacial score (nSPS) is 15.4. The number of nitrogens with one attached hydrogen (secondary N) is 1. The standard InChI is InChI=1S/C22H21N9O2/c1-13-9-16(33-29-13)10-14-5-8-32-20-12-15(11-19-27-28-21(14)31(19)20)17-3-6-23-22(25-17)26-18-4-7-24-30(18)2/h3-4,6-7,9,11-12,14H,5,8,10H2,1-2H3,(H,23,25,26)/t14-/m1/s1. The molecule has 11 nitrogen and oxygen atoms in total. The number of nitrogens with zero attached hydrogens (tertiary/aromatic N) is 8. The van der Waals surface area contributed by atoms with Crippen LogP contribution in [-0.2, 0) is 13.5 Å². The zero-order valence-corrected chi connectivity index (χ0v) is 18.1. The van der Waals surface area contributed by atoms with Crippen LogP contribution in [0.4, 0.5) is 11.8 Å². The van der Waals surface area contributed by atoms with Crippen molar-refractivity contribution in [3.8, 4) is 17.1 Å². The summed E-state index contributed by atoms with van der Waals surface area (Å²) in [6, 6.07) is 9.60. The van der Waals surface area contributed by atoms with Gasteiger partial charge in [0, 0.05) is 49.3 Å². The van der Waals surface area contributed by atoms with E-state index in [-0.39, 0.29) is 5.92 Å². The summed E-state index contributed by atoms with van der Waals surface area (Å²) in [5.74, 6) is 3.79. The van der Waals surface area contributed by atoms with Crippen LogP contribution in [0.2, 0.25) is 0 Å². The van der Waals surface area contributed by atoms with E-state index in [4.69, 9.17) is 9.26 Å². The summed E-state index contributed by atoms with van der Waals surface area (Å²) in [7, 11) is 1.85. The minimum atomic E-state index is 0.119. The van der Waals surface area contributed by atoms with Gasteiger partial charge in [-0.1, -0.05) is 5.16 Å². The molecule has 0 bridgehead atoms. The molecule has 0 aromatic carbocycles. The molecular weight excluding hydrogens is 422 g/mol. The summed E-state index contributed by atoms with van der Waals surface area (Å²) in [5, 5.41) is 20.3. The Morgan fingerprint density at radius 1 is 1.15 bits per heavy atom. The van der Waals surface area contributed by atoms with E-state index < -0.39 is 0 Å². The quantitative estimate of drug-likeness (QED) is 0.437. The Kier molecular flexibility index (Phi) is 4.52. The van der Waals surface area contributed by atoms with Crippen molar-refractivity contribution in [1.29, 1.82) is 0 Å².